The standard InChI is InChI=1S/C17H12ClF3N6O2S/c1-8(26-14(28)11-2-3-22-7-25-11)16-24-6-12(30-16)15(29)27-13-4-9(17(19,20)21)10(18)5-23-13/h2-8H,1H3,(H,26,28)(H,23,27,29)/t8-/m1/s1. The second-order valence-corrected chi connectivity index (χ2v) is 7.32. The van der Waals surface area contributed by atoms with Gasteiger partial charge in [0.25, 0.3) is 11.8 Å². The molecule has 2 amide bonds. The fourth-order valence-corrected chi connectivity index (χ4v) is 3.28. The number of alkyl halides is 3. The molecule has 0 aliphatic carbocycles. The summed E-state index contributed by atoms with van der Waals surface area (Å²) in [6.45, 7) is 1.66. The Kier molecular flexibility index (Phi) is 6.27. The van der Waals surface area contributed by atoms with Crippen LogP contribution in [0.15, 0.2) is 37.1 Å². The molecule has 0 spiro atoms. The van der Waals surface area contributed by atoms with Gasteiger partial charge in [-0.2, -0.15) is 13.2 Å². The van der Waals surface area contributed by atoms with Gasteiger partial charge in [0.2, 0.25) is 0 Å². The summed E-state index contributed by atoms with van der Waals surface area (Å²) in [5.74, 6) is -1.45. The molecule has 0 radical (unpaired) electrons. The molecule has 0 fully saturated rings. The molecular formula is C17H12ClF3N6O2S. The van der Waals surface area contributed by atoms with Gasteiger partial charge >= 0.3 is 6.18 Å². The molecule has 0 saturated heterocycles. The molecule has 1 atom stereocenters. The molecule has 3 heterocycles. The predicted octanol–water partition coefficient (Wildman–Crippen LogP) is 3.74. The van der Waals surface area contributed by atoms with E-state index in [1.165, 1.54) is 24.8 Å². The zero-order chi connectivity index (χ0) is 21.9. The van der Waals surface area contributed by atoms with Crippen LogP contribution in [0.1, 0.15) is 43.7 Å². The normalized spacial score (nSPS) is 12.3. The molecular weight excluding hydrogens is 445 g/mol. The average Bonchev–Trinajstić information content (AvgIpc) is 3.20. The van der Waals surface area contributed by atoms with Crippen LogP contribution in [0.2, 0.25) is 5.02 Å². The van der Waals surface area contributed by atoms with Crippen molar-refractivity contribution in [2.45, 2.75) is 19.1 Å². The van der Waals surface area contributed by atoms with E-state index in [1.807, 2.05) is 0 Å². The Bertz CT molecular complexity index is 1080. The first-order valence-electron chi connectivity index (χ1n) is 8.22. The number of hydrogen-bond donors (Lipinski definition) is 2. The molecule has 0 unspecified atom stereocenters. The topological polar surface area (TPSA) is 110 Å². The number of carbonyl (C=O) groups is 2. The van der Waals surface area contributed by atoms with Crippen molar-refractivity contribution in [3.8, 4) is 0 Å². The fraction of sp³-hybridized carbons (Fsp3) is 0.176. The van der Waals surface area contributed by atoms with Crippen LogP contribution in [0.3, 0.4) is 0 Å². The Morgan fingerprint density at radius 2 is 1.93 bits per heavy atom. The molecule has 0 saturated carbocycles. The Morgan fingerprint density at radius 3 is 2.60 bits per heavy atom. The predicted molar refractivity (Wildman–Crippen MR) is 102 cm³/mol. The number of carbonyl (C=O) groups excluding carboxylic acids is 2. The quantitative estimate of drug-likeness (QED) is 0.605. The number of pyridine rings is 1. The van der Waals surface area contributed by atoms with E-state index in [1.54, 1.807) is 6.92 Å². The number of thiazole rings is 1. The van der Waals surface area contributed by atoms with Gasteiger partial charge in [-0.1, -0.05) is 11.6 Å². The maximum absolute atomic E-state index is 12.9. The minimum absolute atomic E-state index is 0.124. The van der Waals surface area contributed by atoms with Gasteiger partial charge in [0, 0.05) is 12.4 Å². The SMILES string of the molecule is C[C@@H](NC(=O)c1ccncn1)c1ncc(C(=O)Nc2cc(C(F)(F)F)c(Cl)cn2)s1. The molecule has 0 aliphatic heterocycles. The Balaban J connectivity index is 1.68. The fourth-order valence-electron chi connectivity index (χ4n) is 2.25. The summed E-state index contributed by atoms with van der Waals surface area (Å²) in [6, 6.07) is 1.55. The average molecular weight is 457 g/mol. The van der Waals surface area contributed by atoms with Crippen LogP contribution in [0.5, 0.6) is 0 Å². The second-order valence-electron chi connectivity index (χ2n) is 5.85. The first-order chi connectivity index (χ1) is 14.1. The molecule has 0 aliphatic rings. The van der Waals surface area contributed by atoms with Gasteiger partial charge in [0.15, 0.2) is 0 Å². The van der Waals surface area contributed by atoms with E-state index >= 15 is 0 Å². The summed E-state index contributed by atoms with van der Waals surface area (Å²) in [7, 11) is 0. The summed E-state index contributed by atoms with van der Waals surface area (Å²) in [5.41, 5.74) is -0.943. The summed E-state index contributed by atoms with van der Waals surface area (Å²) < 4.78 is 38.8. The number of halogens is 4. The highest BCUT2D eigenvalue weighted by atomic mass is 35.5. The van der Waals surface area contributed by atoms with Gasteiger partial charge in [-0.25, -0.2) is 19.9 Å². The van der Waals surface area contributed by atoms with Gasteiger partial charge in [-0.15, -0.1) is 11.3 Å². The van der Waals surface area contributed by atoms with E-state index in [9.17, 15) is 22.8 Å². The number of hydrogen-bond acceptors (Lipinski definition) is 7. The molecule has 13 heteroatoms. The molecule has 3 aromatic heterocycles. The number of nitrogens with zero attached hydrogens (tertiary/aromatic N) is 4. The molecule has 8 nitrogen and oxygen atoms in total. The van der Waals surface area contributed by atoms with E-state index < -0.39 is 34.6 Å². The van der Waals surface area contributed by atoms with Gasteiger partial charge in [-0.3, -0.25) is 9.59 Å². The lowest BCUT2D eigenvalue weighted by Crippen LogP contribution is -2.27. The minimum Gasteiger partial charge on any atom is -0.342 e. The largest absolute Gasteiger partial charge is 0.418 e. The lowest BCUT2D eigenvalue weighted by Gasteiger charge is -2.11. The Morgan fingerprint density at radius 1 is 1.17 bits per heavy atom. The summed E-state index contributed by atoms with van der Waals surface area (Å²) in [5, 5.41) is 4.80. The van der Waals surface area contributed by atoms with Crippen LogP contribution in [-0.2, 0) is 6.18 Å². The lowest BCUT2D eigenvalue weighted by molar-refractivity contribution is -0.137. The van der Waals surface area contributed by atoms with Gasteiger partial charge in [-0.05, 0) is 19.1 Å². The molecule has 0 aromatic carbocycles. The van der Waals surface area contributed by atoms with E-state index in [-0.39, 0.29) is 16.4 Å². The van der Waals surface area contributed by atoms with Crippen molar-refractivity contribution in [3.05, 3.63) is 63.2 Å². The third kappa shape index (κ3) is 5.07. The number of anilines is 1. The number of nitrogens with one attached hydrogen (secondary N) is 2. The highest BCUT2D eigenvalue weighted by molar-refractivity contribution is 7.13. The van der Waals surface area contributed by atoms with Crippen molar-refractivity contribution in [1.82, 2.24) is 25.3 Å². The van der Waals surface area contributed by atoms with Crippen molar-refractivity contribution >= 4 is 40.6 Å². The molecule has 2 N–H and O–H groups in total. The van der Waals surface area contributed by atoms with Crippen LogP contribution in [-0.4, -0.2) is 31.8 Å². The van der Waals surface area contributed by atoms with Crippen LogP contribution in [0, 0.1) is 0 Å². The third-order valence-corrected chi connectivity index (χ3v) is 5.16. The van der Waals surface area contributed by atoms with Gasteiger partial charge < -0.3 is 10.6 Å². The van der Waals surface area contributed by atoms with Gasteiger partial charge in [0.1, 0.15) is 27.7 Å². The number of aromatic nitrogens is 4. The molecule has 3 rings (SSSR count). The van der Waals surface area contributed by atoms with Crippen molar-refractivity contribution in [2.24, 2.45) is 0 Å². The lowest BCUT2D eigenvalue weighted by atomic mass is 10.2. The van der Waals surface area contributed by atoms with E-state index in [2.05, 4.69) is 30.6 Å². The zero-order valence-corrected chi connectivity index (χ0v) is 16.6. The second kappa shape index (κ2) is 8.71. The Hall–Kier alpha value is -3.12. The monoisotopic (exact) mass is 456 g/mol. The molecule has 0 bridgehead atoms. The smallest absolute Gasteiger partial charge is 0.342 e. The zero-order valence-electron chi connectivity index (χ0n) is 15.1. The third-order valence-electron chi connectivity index (χ3n) is 3.68. The minimum atomic E-state index is -4.69. The van der Waals surface area contributed by atoms with Crippen molar-refractivity contribution in [3.63, 3.8) is 0 Å². The van der Waals surface area contributed by atoms with E-state index in [4.69, 9.17) is 11.6 Å². The highest BCUT2D eigenvalue weighted by Gasteiger charge is 2.34. The molecule has 30 heavy (non-hydrogen) atoms. The van der Waals surface area contributed by atoms with Crippen LogP contribution < -0.4 is 10.6 Å². The van der Waals surface area contributed by atoms with Crippen molar-refractivity contribution in [1.29, 1.82) is 0 Å². The summed E-state index contributed by atoms with van der Waals surface area (Å²) >= 11 is 6.48. The first kappa shape index (κ1) is 21.6. The van der Waals surface area contributed by atoms with E-state index in [0.29, 0.717) is 11.1 Å². The number of rotatable bonds is 5. The Labute approximate surface area is 176 Å². The first-order valence-corrected chi connectivity index (χ1v) is 9.41. The van der Waals surface area contributed by atoms with Crippen LogP contribution in [0.4, 0.5) is 19.0 Å². The van der Waals surface area contributed by atoms with Crippen molar-refractivity contribution in [2.75, 3.05) is 5.32 Å². The van der Waals surface area contributed by atoms with E-state index in [0.717, 1.165) is 17.5 Å². The van der Waals surface area contributed by atoms with Gasteiger partial charge in [0.05, 0.1) is 22.8 Å². The molecule has 3 aromatic rings. The van der Waals surface area contributed by atoms with Crippen molar-refractivity contribution < 1.29 is 22.8 Å². The molecule has 156 valence electrons. The summed E-state index contributed by atoms with van der Waals surface area (Å²) in [6.07, 6.45) is 0.0361. The number of amides is 2. The summed E-state index contributed by atoms with van der Waals surface area (Å²) in [4.78, 5) is 39.9. The maximum Gasteiger partial charge on any atom is 0.418 e. The maximum atomic E-state index is 12.9. The van der Waals surface area contributed by atoms with Crippen LogP contribution in [0.25, 0.3) is 0 Å². The highest BCUT2D eigenvalue weighted by Crippen LogP contribution is 2.35. The van der Waals surface area contributed by atoms with Crippen LogP contribution >= 0.6 is 22.9 Å².